The molecule has 1 aromatic carbocycles. The van der Waals surface area contributed by atoms with Gasteiger partial charge in [-0.05, 0) is 37.0 Å². The molecular weight excluding hydrogens is 325 g/mol. The van der Waals surface area contributed by atoms with Crippen molar-refractivity contribution < 1.29 is 13.9 Å². The Balaban J connectivity index is 1.67. The van der Waals surface area contributed by atoms with E-state index in [-0.39, 0.29) is 12.5 Å². The highest BCUT2D eigenvalue weighted by molar-refractivity contribution is 5.75. The number of carbonyl (C=O) groups excluding carboxylic acids is 1. The van der Waals surface area contributed by atoms with Crippen LogP contribution in [0.5, 0.6) is 0 Å². The van der Waals surface area contributed by atoms with E-state index in [0.717, 1.165) is 17.5 Å². The maximum absolute atomic E-state index is 13.9. The summed E-state index contributed by atoms with van der Waals surface area (Å²) in [4.78, 5) is 24.0. The van der Waals surface area contributed by atoms with Crippen LogP contribution in [-0.2, 0) is 16.1 Å². The molecule has 6 nitrogen and oxygen atoms in total. The minimum atomic E-state index is -0.427. The number of carbonyl (C=O) groups is 1. The molecule has 1 aromatic heterocycles. The van der Waals surface area contributed by atoms with Crippen molar-refractivity contribution in [1.29, 1.82) is 0 Å². The van der Waals surface area contributed by atoms with Crippen molar-refractivity contribution in [2.75, 3.05) is 19.8 Å². The molecule has 1 fully saturated rings. The zero-order valence-electron chi connectivity index (χ0n) is 13.8. The third-order valence-electron chi connectivity index (χ3n) is 4.24. The predicted molar refractivity (Wildman–Crippen MR) is 90.4 cm³/mol. The Labute approximate surface area is 144 Å². The number of nitrogens with zero attached hydrogens (tertiary/aromatic N) is 2. The second kappa shape index (κ2) is 8.02. The van der Waals surface area contributed by atoms with Gasteiger partial charge in [-0.25, -0.2) is 9.07 Å². The number of rotatable bonds is 5. The maximum Gasteiger partial charge on any atom is 0.267 e. The van der Waals surface area contributed by atoms with Crippen molar-refractivity contribution in [2.24, 2.45) is 5.92 Å². The fourth-order valence-corrected chi connectivity index (χ4v) is 2.78. The smallest absolute Gasteiger partial charge is 0.267 e. The van der Waals surface area contributed by atoms with Crippen LogP contribution < -0.4 is 10.9 Å². The van der Waals surface area contributed by atoms with Gasteiger partial charge in [-0.15, -0.1) is 0 Å². The van der Waals surface area contributed by atoms with Crippen LogP contribution in [0, 0.1) is 11.7 Å². The molecule has 2 heterocycles. The molecule has 0 saturated carbocycles. The summed E-state index contributed by atoms with van der Waals surface area (Å²) in [6.45, 7) is 1.80. The summed E-state index contributed by atoms with van der Waals surface area (Å²) in [5.41, 5.74) is 0.204. The SMILES string of the molecule is O=C(Cn1nc(-c2ccccc2F)ccc1=O)NCC1CCOCC1. The molecule has 1 amide bonds. The van der Waals surface area contributed by atoms with Crippen LogP contribution in [0.25, 0.3) is 11.3 Å². The zero-order valence-corrected chi connectivity index (χ0v) is 13.8. The summed E-state index contributed by atoms with van der Waals surface area (Å²) in [7, 11) is 0. The first-order valence-corrected chi connectivity index (χ1v) is 8.31. The van der Waals surface area contributed by atoms with Gasteiger partial charge in [0.05, 0.1) is 5.69 Å². The molecular formula is C18H20FN3O3. The van der Waals surface area contributed by atoms with Crippen molar-refractivity contribution in [3.05, 3.63) is 52.6 Å². The van der Waals surface area contributed by atoms with Gasteiger partial charge in [-0.3, -0.25) is 9.59 Å². The van der Waals surface area contributed by atoms with Crippen LogP contribution in [0.4, 0.5) is 4.39 Å². The summed E-state index contributed by atoms with van der Waals surface area (Å²) in [5, 5.41) is 6.95. The maximum atomic E-state index is 13.9. The Bertz CT molecular complexity index is 800. The fraction of sp³-hybridized carbons (Fsp3) is 0.389. The minimum Gasteiger partial charge on any atom is -0.381 e. The van der Waals surface area contributed by atoms with Crippen molar-refractivity contribution in [2.45, 2.75) is 19.4 Å². The molecule has 132 valence electrons. The highest BCUT2D eigenvalue weighted by Crippen LogP contribution is 2.18. The van der Waals surface area contributed by atoms with Crippen LogP contribution >= 0.6 is 0 Å². The van der Waals surface area contributed by atoms with E-state index in [1.54, 1.807) is 18.2 Å². The second-order valence-corrected chi connectivity index (χ2v) is 6.05. The Morgan fingerprint density at radius 1 is 1.24 bits per heavy atom. The van der Waals surface area contributed by atoms with Crippen molar-refractivity contribution in [3.8, 4) is 11.3 Å². The molecule has 0 aliphatic carbocycles. The monoisotopic (exact) mass is 345 g/mol. The van der Waals surface area contributed by atoms with Gasteiger partial charge in [0.15, 0.2) is 0 Å². The third kappa shape index (κ3) is 4.51. The lowest BCUT2D eigenvalue weighted by Crippen LogP contribution is -2.37. The lowest BCUT2D eigenvalue weighted by molar-refractivity contribution is -0.122. The van der Waals surface area contributed by atoms with Crippen molar-refractivity contribution in [1.82, 2.24) is 15.1 Å². The molecule has 0 bridgehead atoms. The van der Waals surface area contributed by atoms with E-state index in [2.05, 4.69) is 10.4 Å². The van der Waals surface area contributed by atoms with Gasteiger partial charge in [0.1, 0.15) is 12.4 Å². The van der Waals surface area contributed by atoms with E-state index in [4.69, 9.17) is 4.74 Å². The number of hydrogen-bond acceptors (Lipinski definition) is 4. The van der Waals surface area contributed by atoms with E-state index in [1.165, 1.54) is 18.2 Å². The Morgan fingerprint density at radius 2 is 2.00 bits per heavy atom. The van der Waals surface area contributed by atoms with Gasteiger partial charge in [0.2, 0.25) is 5.91 Å². The lowest BCUT2D eigenvalue weighted by Gasteiger charge is -2.22. The van der Waals surface area contributed by atoms with Crippen molar-refractivity contribution >= 4 is 5.91 Å². The fourth-order valence-electron chi connectivity index (χ4n) is 2.78. The molecule has 1 N–H and O–H groups in total. The normalized spacial score (nSPS) is 15.1. The number of nitrogens with one attached hydrogen (secondary N) is 1. The van der Waals surface area contributed by atoms with Crippen LogP contribution in [0.1, 0.15) is 12.8 Å². The molecule has 1 aliphatic rings. The largest absolute Gasteiger partial charge is 0.381 e. The first kappa shape index (κ1) is 17.3. The van der Waals surface area contributed by atoms with Crippen molar-refractivity contribution in [3.63, 3.8) is 0 Å². The summed E-state index contributed by atoms with van der Waals surface area (Å²) < 4.78 is 20.2. The summed E-state index contributed by atoms with van der Waals surface area (Å²) in [6, 6.07) is 8.93. The number of ether oxygens (including phenoxy) is 1. The van der Waals surface area contributed by atoms with Gasteiger partial charge in [0, 0.05) is 31.4 Å². The van der Waals surface area contributed by atoms with Crippen LogP contribution in [0.2, 0.25) is 0 Å². The highest BCUT2D eigenvalue weighted by Gasteiger charge is 2.15. The molecule has 7 heteroatoms. The lowest BCUT2D eigenvalue weighted by atomic mass is 10.0. The average Bonchev–Trinajstić information content (AvgIpc) is 2.63. The standard InChI is InChI=1S/C18H20FN3O3/c19-15-4-2-1-3-14(15)16-5-6-18(24)22(21-16)12-17(23)20-11-13-7-9-25-10-8-13/h1-6,13H,7-12H2,(H,20,23). The number of halogens is 1. The molecule has 0 unspecified atom stereocenters. The van der Waals surface area contributed by atoms with Gasteiger partial charge < -0.3 is 10.1 Å². The highest BCUT2D eigenvalue weighted by atomic mass is 19.1. The van der Waals surface area contributed by atoms with Gasteiger partial charge in [0.25, 0.3) is 5.56 Å². The molecule has 1 aliphatic heterocycles. The van der Waals surface area contributed by atoms with E-state index < -0.39 is 11.4 Å². The molecule has 3 rings (SSSR count). The Hall–Kier alpha value is -2.54. The number of hydrogen-bond donors (Lipinski definition) is 1. The third-order valence-corrected chi connectivity index (χ3v) is 4.24. The quantitative estimate of drug-likeness (QED) is 0.893. The molecule has 0 atom stereocenters. The molecule has 0 radical (unpaired) electrons. The van der Waals surface area contributed by atoms with Crippen LogP contribution in [0.3, 0.4) is 0 Å². The predicted octanol–water partition coefficient (Wildman–Crippen LogP) is 1.59. The Kier molecular flexibility index (Phi) is 5.55. The van der Waals surface area contributed by atoms with E-state index in [1.807, 2.05) is 0 Å². The van der Waals surface area contributed by atoms with E-state index in [0.29, 0.717) is 36.9 Å². The Morgan fingerprint density at radius 3 is 2.76 bits per heavy atom. The van der Waals surface area contributed by atoms with Gasteiger partial charge in [-0.2, -0.15) is 5.10 Å². The molecule has 1 saturated heterocycles. The molecule has 25 heavy (non-hydrogen) atoms. The first-order chi connectivity index (χ1) is 12.1. The molecule has 0 spiro atoms. The van der Waals surface area contributed by atoms with Crippen LogP contribution in [-0.4, -0.2) is 35.4 Å². The van der Waals surface area contributed by atoms with Gasteiger partial charge in [-0.1, -0.05) is 12.1 Å². The first-order valence-electron chi connectivity index (χ1n) is 8.31. The number of aromatic nitrogens is 2. The van der Waals surface area contributed by atoms with E-state index in [9.17, 15) is 14.0 Å². The average molecular weight is 345 g/mol. The molecule has 2 aromatic rings. The van der Waals surface area contributed by atoms with E-state index >= 15 is 0 Å². The number of benzene rings is 1. The van der Waals surface area contributed by atoms with Crippen LogP contribution in [0.15, 0.2) is 41.2 Å². The summed E-state index contributed by atoms with van der Waals surface area (Å²) >= 11 is 0. The second-order valence-electron chi connectivity index (χ2n) is 6.05. The summed E-state index contributed by atoms with van der Waals surface area (Å²) in [5.74, 6) is -0.317. The van der Waals surface area contributed by atoms with Gasteiger partial charge >= 0.3 is 0 Å². The number of amides is 1. The minimum absolute atomic E-state index is 0.190. The summed E-state index contributed by atoms with van der Waals surface area (Å²) in [6.07, 6.45) is 1.84. The topological polar surface area (TPSA) is 73.2 Å². The zero-order chi connectivity index (χ0) is 17.6.